The van der Waals surface area contributed by atoms with Gasteiger partial charge in [-0.15, -0.1) is 0 Å². The first-order valence-corrected chi connectivity index (χ1v) is 9.98. The number of hydrogen-bond acceptors (Lipinski definition) is 4. The molecule has 0 atom stereocenters. The lowest BCUT2D eigenvalue weighted by Gasteiger charge is -2.38. The number of hydrazone groups is 1. The summed E-state index contributed by atoms with van der Waals surface area (Å²) >= 11 is 4.62. The van der Waals surface area contributed by atoms with Crippen LogP contribution in [0, 0.1) is 17.6 Å². The van der Waals surface area contributed by atoms with Gasteiger partial charge in [0.05, 0.1) is 6.21 Å². The van der Waals surface area contributed by atoms with Crippen molar-refractivity contribution in [2.45, 2.75) is 32.1 Å². The Morgan fingerprint density at radius 1 is 1.15 bits per heavy atom. The minimum Gasteiger partial charge on any atom is -0.375 e. The van der Waals surface area contributed by atoms with E-state index in [1.54, 1.807) is 4.90 Å². The molecule has 0 bridgehead atoms. The van der Waals surface area contributed by atoms with E-state index in [-0.39, 0.29) is 10.8 Å². The van der Waals surface area contributed by atoms with Gasteiger partial charge in [-0.25, -0.2) is 8.78 Å². The number of piperazine rings is 1. The number of benzene rings is 1. The number of thiocarbonyl (C=S) groups is 1. The van der Waals surface area contributed by atoms with Gasteiger partial charge in [-0.3, -0.25) is 10.3 Å². The van der Waals surface area contributed by atoms with Crippen molar-refractivity contribution in [1.82, 2.24) is 10.3 Å². The number of hydrogen-bond donors (Lipinski definition) is 2. The van der Waals surface area contributed by atoms with Gasteiger partial charge in [0.15, 0.2) is 5.11 Å². The predicted molar refractivity (Wildman–Crippen MR) is 109 cm³/mol. The van der Waals surface area contributed by atoms with E-state index >= 15 is 0 Å². The topological polar surface area (TPSA) is 56.9 Å². The number of rotatable bonds is 5. The van der Waals surface area contributed by atoms with Crippen LogP contribution in [0.3, 0.4) is 0 Å². The van der Waals surface area contributed by atoms with Gasteiger partial charge >= 0.3 is 0 Å². The normalized spacial score (nSPS) is 19.6. The molecule has 2 fully saturated rings. The van der Waals surface area contributed by atoms with Gasteiger partial charge in [0.1, 0.15) is 17.3 Å². The molecule has 1 saturated heterocycles. The summed E-state index contributed by atoms with van der Waals surface area (Å²) in [5, 5.41) is 3.73. The summed E-state index contributed by atoms with van der Waals surface area (Å²) in [5.74, 6) is -0.368. The first kappa shape index (κ1) is 19.9. The molecule has 0 spiro atoms. The first-order valence-electron chi connectivity index (χ1n) is 9.58. The van der Waals surface area contributed by atoms with Crippen molar-refractivity contribution in [1.29, 1.82) is 0 Å². The van der Waals surface area contributed by atoms with E-state index in [1.165, 1.54) is 50.5 Å². The fourth-order valence-corrected chi connectivity index (χ4v) is 4.07. The molecule has 1 aromatic carbocycles. The molecule has 0 radical (unpaired) electrons. The molecule has 0 unspecified atom stereocenters. The van der Waals surface area contributed by atoms with Gasteiger partial charge < -0.3 is 10.6 Å². The Labute approximate surface area is 164 Å². The summed E-state index contributed by atoms with van der Waals surface area (Å²) in [6.45, 7) is 4.07. The third-order valence-electron chi connectivity index (χ3n) is 5.36. The lowest BCUT2D eigenvalue weighted by Crippen LogP contribution is -2.48. The Balaban J connectivity index is 1.58. The fourth-order valence-electron chi connectivity index (χ4n) is 4.02. The number of nitrogens with one attached hydrogen (secondary N) is 1. The van der Waals surface area contributed by atoms with Crippen LogP contribution in [0.2, 0.25) is 0 Å². The summed E-state index contributed by atoms with van der Waals surface area (Å²) in [4.78, 5) is 4.24. The second-order valence-electron chi connectivity index (χ2n) is 7.36. The minimum absolute atomic E-state index is 0.00471. The molecule has 0 aromatic heterocycles. The molecule has 27 heavy (non-hydrogen) atoms. The van der Waals surface area contributed by atoms with E-state index in [4.69, 9.17) is 5.73 Å². The highest BCUT2D eigenvalue weighted by atomic mass is 32.1. The molecule has 1 aliphatic carbocycles. The molecule has 1 heterocycles. The maximum absolute atomic E-state index is 14.5. The monoisotopic (exact) mass is 395 g/mol. The van der Waals surface area contributed by atoms with E-state index < -0.39 is 11.6 Å². The van der Waals surface area contributed by atoms with Gasteiger partial charge in [0.2, 0.25) is 0 Å². The van der Waals surface area contributed by atoms with E-state index in [0.717, 1.165) is 25.6 Å². The SMILES string of the molecule is NC(=S)N/N=C/c1cc(F)c(N2CCN(CC3CCCCC3)CC2)c(F)c1. The summed E-state index contributed by atoms with van der Waals surface area (Å²) in [6.07, 6.45) is 7.95. The third-order valence-corrected chi connectivity index (χ3v) is 5.45. The Kier molecular flexibility index (Phi) is 6.95. The second-order valence-corrected chi connectivity index (χ2v) is 7.80. The summed E-state index contributed by atoms with van der Waals surface area (Å²) in [6, 6.07) is 2.55. The summed E-state index contributed by atoms with van der Waals surface area (Å²) < 4.78 is 29.0. The van der Waals surface area contributed by atoms with E-state index in [0.29, 0.717) is 18.7 Å². The standard InChI is InChI=1S/C19H27F2N5S/c20-16-10-15(12-23-24-19(22)27)11-17(21)18(16)26-8-6-25(7-9-26)13-14-4-2-1-3-5-14/h10-12,14H,1-9,13H2,(H3,22,24,27)/b23-12+. The average Bonchev–Trinajstić information content (AvgIpc) is 2.63. The van der Waals surface area contributed by atoms with Crippen molar-refractivity contribution >= 4 is 29.2 Å². The lowest BCUT2D eigenvalue weighted by molar-refractivity contribution is 0.191. The van der Waals surface area contributed by atoms with Crippen molar-refractivity contribution in [2.24, 2.45) is 16.8 Å². The highest BCUT2D eigenvalue weighted by Crippen LogP contribution is 2.28. The van der Waals surface area contributed by atoms with Crippen LogP contribution in [-0.2, 0) is 0 Å². The van der Waals surface area contributed by atoms with Gasteiger partial charge in [0.25, 0.3) is 0 Å². The van der Waals surface area contributed by atoms with Crippen molar-refractivity contribution in [2.75, 3.05) is 37.6 Å². The Morgan fingerprint density at radius 3 is 2.37 bits per heavy atom. The third kappa shape index (κ3) is 5.59. The van der Waals surface area contributed by atoms with Crippen molar-refractivity contribution < 1.29 is 8.78 Å². The molecule has 1 aromatic rings. The van der Waals surface area contributed by atoms with Crippen molar-refractivity contribution in [3.8, 4) is 0 Å². The molecule has 5 nitrogen and oxygen atoms in total. The number of halogens is 2. The summed E-state index contributed by atoms with van der Waals surface area (Å²) in [7, 11) is 0. The smallest absolute Gasteiger partial charge is 0.184 e. The average molecular weight is 396 g/mol. The van der Waals surface area contributed by atoms with Gasteiger partial charge in [0, 0.05) is 38.3 Å². The van der Waals surface area contributed by atoms with Gasteiger partial charge in [-0.05, 0) is 43.1 Å². The van der Waals surface area contributed by atoms with Crippen LogP contribution >= 0.6 is 12.2 Å². The highest BCUT2D eigenvalue weighted by molar-refractivity contribution is 7.80. The van der Waals surface area contributed by atoms with Crippen LogP contribution in [0.15, 0.2) is 17.2 Å². The maximum Gasteiger partial charge on any atom is 0.184 e. The number of anilines is 1. The Hall–Kier alpha value is -1.80. The molecule has 148 valence electrons. The Bertz CT molecular complexity index is 660. The number of nitrogens with zero attached hydrogens (tertiary/aromatic N) is 3. The fraction of sp³-hybridized carbons (Fsp3) is 0.579. The molecule has 8 heteroatoms. The van der Waals surface area contributed by atoms with Gasteiger partial charge in [-0.1, -0.05) is 19.3 Å². The van der Waals surface area contributed by atoms with Crippen molar-refractivity contribution in [3.63, 3.8) is 0 Å². The Morgan fingerprint density at radius 2 is 1.78 bits per heavy atom. The first-order chi connectivity index (χ1) is 13.0. The molecular formula is C19H27F2N5S. The van der Waals surface area contributed by atoms with Crippen LogP contribution in [0.1, 0.15) is 37.7 Å². The van der Waals surface area contributed by atoms with Crippen LogP contribution in [0.4, 0.5) is 14.5 Å². The largest absolute Gasteiger partial charge is 0.375 e. The van der Waals surface area contributed by atoms with Crippen LogP contribution in [0.5, 0.6) is 0 Å². The zero-order chi connectivity index (χ0) is 19.2. The van der Waals surface area contributed by atoms with Crippen LogP contribution in [0.25, 0.3) is 0 Å². The quantitative estimate of drug-likeness (QED) is 0.456. The molecule has 3 N–H and O–H groups in total. The highest BCUT2D eigenvalue weighted by Gasteiger charge is 2.25. The minimum atomic E-state index is -0.576. The van der Waals surface area contributed by atoms with Crippen LogP contribution < -0.4 is 16.1 Å². The van der Waals surface area contributed by atoms with Crippen LogP contribution in [-0.4, -0.2) is 49.0 Å². The molecule has 1 saturated carbocycles. The summed E-state index contributed by atoms with van der Waals surface area (Å²) in [5.41, 5.74) is 7.98. The molecule has 3 rings (SSSR count). The van der Waals surface area contributed by atoms with E-state index in [9.17, 15) is 8.78 Å². The molecule has 0 amide bonds. The zero-order valence-electron chi connectivity index (χ0n) is 15.5. The van der Waals surface area contributed by atoms with E-state index in [1.807, 2.05) is 0 Å². The van der Waals surface area contributed by atoms with E-state index in [2.05, 4.69) is 27.6 Å². The number of nitrogens with two attached hydrogens (primary N) is 1. The second kappa shape index (κ2) is 9.41. The molecular weight excluding hydrogens is 368 g/mol. The predicted octanol–water partition coefficient (Wildman–Crippen LogP) is 2.83. The van der Waals surface area contributed by atoms with Crippen molar-refractivity contribution in [3.05, 3.63) is 29.3 Å². The lowest BCUT2D eigenvalue weighted by atomic mass is 9.89. The maximum atomic E-state index is 14.5. The molecule has 2 aliphatic rings. The molecule has 1 aliphatic heterocycles. The zero-order valence-corrected chi connectivity index (χ0v) is 16.3. The van der Waals surface area contributed by atoms with Gasteiger partial charge in [-0.2, -0.15) is 5.10 Å².